The number of nitrogens with one attached hydrogen (secondary N) is 1. The molecular weight excluding hydrogens is 366 g/mol. The Bertz CT molecular complexity index is 678. The van der Waals surface area contributed by atoms with Gasteiger partial charge in [0.15, 0.2) is 0 Å². The monoisotopic (exact) mass is 393 g/mol. The Morgan fingerprint density at radius 3 is 2.54 bits per heavy atom. The van der Waals surface area contributed by atoms with Crippen LogP contribution in [0.15, 0.2) is 47.4 Å². The SMILES string of the molecule is Cc1ccc(SCCNC[C@@H](O)CO[C@H](C)c2ccc(Cl)cc2)cc1C. The first-order valence-corrected chi connectivity index (χ1v) is 10.3. The molecule has 0 spiro atoms. The van der Waals surface area contributed by atoms with E-state index in [0.717, 1.165) is 17.9 Å². The first kappa shape index (κ1) is 21.3. The van der Waals surface area contributed by atoms with Crippen molar-refractivity contribution < 1.29 is 9.84 Å². The van der Waals surface area contributed by atoms with Crippen molar-refractivity contribution in [1.29, 1.82) is 0 Å². The van der Waals surface area contributed by atoms with Crippen molar-refractivity contribution in [2.75, 3.05) is 25.4 Å². The number of halogens is 1. The normalized spacial score (nSPS) is 13.6. The van der Waals surface area contributed by atoms with Crippen LogP contribution in [0.25, 0.3) is 0 Å². The van der Waals surface area contributed by atoms with Gasteiger partial charge in [0.1, 0.15) is 0 Å². The van der Waals surface area contributed by atoms with Crippen LogP contribution in [-0.4, -0.2) is 36.7 Å². The van der Waals surface area contributed by atoms with E-state index in [9.17, 15) is 5.11 Å². The summed E-state index contributed by atoms with van der Waals surface area (Å²) < 4.78 is 5.74. The summed E-state index contributed by atoms with van der Waals surface area (Å²) in [6.45, 7) is 7.93. The minimum absolute atomic E-state index is 0.0674. The Morgan fingerprint density at radius 2 is 1.85 bits per heavy atom. The predicted octanol–water partition coefficient (Wildman–Crippen LogP) is 4.78. The molecule has 0 bridgehead atoms. The van der Waals surface area contributed by atoms with Gasteiger partial charge in [-0.1, -0.05) is 29.8 Å². The van der Waals surface area contributed by atoms with Gasteiger partial charge in [0, 0.05) is 28.8 Å². The first-order chi connectivity index (χ1) is 12.5. The molecule has 26 heavy (non-hydrogen) atoms. The number of aryl methyl sites for hydroxylation is 2. The Labute approximate surface area is 166 Å². The lowest BCUT2D eigenvalue weighted by atomic mass is 10.1. The minimum Gasteiger partial charge on any atom is -0.389 e. The summed E-state index contributed by atoms with van der Waals surface area (Å²) in [6.07, 6.45) is -0.585. The number of ether oxygens (including phenoxy) is 1. The molecule has 2 aromatic carbocycles. The van der Waals surface area contributed by atoms with Crippen LogP contribution in [0, 0.1) is 13.8 Å². The lowest BCUT2D eigenvalue weighted by molar-refractivity contribution is -0.00181. The third kappa shape index (κ3) is 7.29. The maximum atomic E-state index is 10.1. The van der Waals surface area contributed by atoms with Crippen LogP contribution < -0.4 is 5.32 Å². The van der Waals surface area contributed by atoms with E-state index in [1.54, 1.807) is 0 Å². The molecule has 0 aliphatic carbocycles. The largest absolute Gasteiger partial charge is 0.389 e. The van der Waals surface area contributed by atoms with Gasteiger partial charge in [-0.3, -0.25) is 0 Å². The highest BCUT2D eigenvalue weighted by molar-refractivity contribution is 7.99. The molecule has 2 N–H and O–H groups in total. The molecule has 0 aliphatic heterocycles. The number of hydrogen-bond donors (Lipinski definition) is 2. The molecule has 3 nitrogen and oxygen atoms in total. The van der Waals surface area contributed by atoms with Gasteiger partial charge in [0.05, 0.1) is 18.8 Å². The van der Waals surface area contributed by atoms with Gasteiger partial charge in [-0.05, 0) is 61.7 Å². The van der Waals surface area contributed by atoms with E-state index in [1.807, 2.05) is 43.0 Å². The third-order valence-electron chi connectivity index (χ3n) is 4.28. The fourth-order valence-electron chi connectivity index (χ4n) is 2.46. The van der Waals surface area contributed by atoms with Crippen molar-refractivity contribution in [3.8, 4) is 0 Å². The molecule has 0 radical (unpaired) electrons. The van der Waals surface area contributed by atoms with E-state index >= 15 is 0 Å². The molecule has 0 aromatic heterocycles. The second-order valence-corrected chi connectivity index (χ2v) is 8.08. The maximum absolute atomic E-state index is 10.1. The van der Waals surface area contributed by atoms with Crippen LogP contribution in [0.5, 0.6) is 0 Å². The summed E-state index contributed by atoms with van der Waals surface area (Å²) in [4.78, 5) is 1.29. The molecule has 142 valence electrons. The molecule has 0 amide bonds. The molecule has 0 aliphatic rings. The molecule has 2 rings (SSSR count). The second kappa shape index (κ2) is 11.0. The molecule has 5 heteroatoms. The van der Waals surface area contributed by atoms with Gasteiger partial charge < -0.3 is 15.2 Å². The summed E-state index contributed by atoms with van der Waals surface area (Å²) in [7, 11) is 0. The summed E-state index contributed by atoms with van der Waals surface area (Å²) in [5, 5.41) is 14.1. The Morgan fingerprint density at radius 1 is 1.12 bits per heavy atom. The van der Waals surface area contributed by atoms with E-state index in [4.69, 9.17) is 16.3 Å². The van der Waals surface area contributed by atoms with Crippen LogP contribution in [0.4, 0.5) is 0 Å². The van der Waals surface area contributed by atoms with Crippen molar-refractivity contribution in [3.63, 3.8) is 0 Å². The van der Waals surface area contributed by atoms with Crippen LogP contribution in [-0.2, 0) is 4.74 Å². The zero-order chi connectivity index (χ0) is 18.9. The third-order valence-corrected chi connectivity index (χ3v) is 5.53. The lowest BCUT2D eigenvalue weighted by Gasteiger charge is -2.17. The number of benzene rings is 2. The number of thioether (sulfide) groups is 1. The zero-order valence-electron chi connectivity index (χ0n) is 15.7. The van der Waals surface area contributed by atoms with Gasteiger partial charge in [0.25, 0.3) is 0 Å². The zero-order valence-corrected chi connectivity index (χ0v) is 17.2. The van der Waals surface area contributed by atoms with Crippen molar-refractivity contribution in [3.05, 3.63) is 64.2 Å². The van der Waals surface area contributed by atoms with E-state index in [0.29, 0.717) is 18.2 Å². The topological polar surface area (TPSA) is 41.5 Å². The standard InChI is InChI=1S/C21H28ClNO2S/c1-15-4-9-21(12-16(15)2)26-11-10-23-13-20(24)14-25-17(3)18-5-7-19(22)8-6-18/h4-9,12,17,20,23-24H,10-11,13-14H2,1-3H3/t17-,20-/m1/s1. The molecule has 0 unspecified atom stereocenters. The fourth-order valence-corrected chi connectivity index (χ4v) is 3.49. The number of aliphatic hydroxyl groups excluding tert-OH is 1. The molecule has 2 aromatic rings. The number of hydrogen-bond acceptors (Lipinski definition) is 4. The molecule has 0 saturated heterocycles. The van der Waals surface area contributed by atoms with E-state index in [2.05, 4.69) is 37.4 Å². The smallest absolute Gasteiger partial charge is 0.0897 e. The van der Waals surface area contributed by atoms with Crippen molar-refractivity contribution >= 4 is 23.4 Å². The van der Waals surface area contributed by atoms with Gasteiger partial charge >= 0.3 is 0 Å². The predicted molar refractivity (Wildman–Crippen MR) is 111 cm³/mol. The average molecular weight is 394 g/mol. The van der Waals surface area contributed by atoms with Crippen molar-refractivity contribution in [2.24, 2.45) is 0 Å². The molecular formula is C21H28ClNO2S. The summed E-state index contributed by atoms with van der Waals surface area (Å²) in [6, 6.07) is 14.1. The quantitative estimate of drug-likeness (QED) is 0.450. The van der Waals surface area contributed by atoms with E-state index in [-0.39, 0.29) is 6.10 Å². The summed E-state index contributed by atoms with van der Waals surface area (Å²) >= 11 is 7.72. The number of rotatable bonds is 10. The molecule has 0 heterocycles. The van der Waals surface area contributed by atoms with Crippen LogP contribution in [0.2, 0.25) is 5.02 Å². The van der Waals surface area contributed by atoms with Gasteiger partial charge in [-0.2, -0.15) is 0 Å². The maximum Gasteiger partial charge on any atom is 0.0897 e. The van der Waals surface area contributed by atoms with Crippen LogP contribution >= 0.6 is 23.4 Å². The highest BCUT2D eigenvalue weighted by Gasteiger charge is 2.10. The summed E-state index contributed by atoms with van der Waals surface area (Å²) in [5.74, 6) is 0.969. The van der Waals surface area contributed by atoms with E-state index in [1.165, 1.54) is 16.0 Å². The van der Waals surface area contributed by atoms with Crippen molar-refractivity contribution in [2.45, 2.75) is 37.9 Å². The van der Waals surface area contributed by atoms with Gasteiger partial charge in [-0.15, -0.1) is 11.8 Å². The average Bonchev–Trinajstić information content (AvgIpc) is 2.63. The molecule has 2 atom stereocenters. The Hall–Kier alpha value is -1.04. The molecule has 0 saturated carbocycles. The van der Waals surface area contributed by atoms with E-state index < -0.39 is 6.10 Å². The second-order valence-electron chi connectivity index (χ2n) is 6.48. The minimum atomic E-state index is -0.517. The highest BCUT2D eigenvalue weighted by atomic mass is 35.5. The highest BCUT2D eigenvalue weighted by Crippen LogP contribution is 2.21. The fraction of sp³-hybridized carbons (Fsp3) is 0.429. The first-order valence-electron chi connectivity index (χ1n) is 8.91. The van der Waals surface area contributed by atoms with Crippen molar-refractivity contribution in [1.82, 2.24) is 5.32 Å². The Kier molecular flexibility index (Phi) is 8.96. The number of aliphatic hydroxyl groups is 1. The Balaban J connectivity index is 1.59. The van der Waals surface area contributed by atoms with Crippen LogP contribution in [0.1, 0.15) is 29.7 Å². The van der Waals surface area contributed by atoms with Crippen LogP contribution in [0.3, 0.4) is 0 Å². The summed E-state index contributed by atoms with van der Waals surface area (Å²) in [5.41, 5.74) is 3.70. The molecule has 0 fully saturated rings. The van der Waals surface area contributed by atoms with Gasteiger partial charge in [-0.25, -0.2) is 0 Å². The lowest BCUT2D eigenvalue weighted by Crippen LogP contribution is -2.32. The van der Waals surface area contributed by atoms with Gasteiger partial charge in [0.2, 0.25) is 0 Å².